The fourth-order valence-electron chi connectivity index (χ4n) is 3.78. The van der Waals surface area contributed by atoms with Gasteiger partial charge in [0.05, 0.1) is 33.0 Å². The van der Waals surface area contributed by atoms with Crippen molar-refractivity contribution in [3.63, 3.8) is 0 Å². The first-order chi connectivity index (χ1) is 16.1. The number of halogens is 4. The molecular formula is C24H20ClF3N4O2. The molecule has 0 saturated heterocycles. The van der Waals surface area contributed by atoms with Crippen LogP contribution in [0.3, 0.4) is 0 Å². The molecule has 0 radical (unpaired) electrons. The van der Waals surface area contributed by atoms with Crippen LogP contribution in [0.5, 0.6) is 0 Å². The SMILES string of the molecule is CCc1ccc(-n2nc(C)c3c(C(F)(F)F)cc(=O)n(CC(=O)Nc4ccccc4Cl)c32)cc1. The minimum absolute atomic E-state index is 0.0853. The predicted molar refractivity (Wildman–Crippen MR) is 125 cm³/mol. The Kier molecular flexibility index (Phi) is 6.22. The molecule has 0 spiro atoms. The lowest BCUT2D eigenvalue weighted by molar-refractivity contribution is -0.136. The average molecular weight is 489 g/mol. The highest BCUT2D eigenvalue weighted by Crippen LogP contribution is 2.36. The quantitative estimate of drug-likeness (QED) is 0.410. The average Bonchev–Trinajstić information content (AvgIpc) is 3.13. The lowest BCUT2D eigenvalue weighted by atomic mass is 10.1. The molecule has 0 bridgehead atoms. The number of aromatic nitrogens is 3. The van der Waals surface area contributed by atoms with E-state index in [0.29, 0.717) is 17.4 Å². The number of aryl methyl sites for hydroxylation is 2. The van der Waals surface area contributed by atoms with Gasteiger partial charge >= 0.3 is 6.18 Å². The van der Waals surface area contributed by atoms with E-state index in [2.05, 4.69) is 10.4 Å². The van der Waals surface area contributed by atoms with Gasteiger partial charge in [-0.3, -0.25) is 14.2 Å². The summed E-state index contributed by atoms with van der Waals surface area (Å²) in [6, 6.07) is 14.1. The molecule has 176 valence electrons. The first-order valence-electron chi connectivity index (χ1n) is 10.4. The van der Waals surface area contributed by atoms with E-state index in [1.165, 1.54) is 11.6 Å². The third kappa shape index (κ3) is 4.43. The smallest absolute Gasteiger partial charge is 0.323 e. The van der Waals surface area contributed by atoms with E-state index in [0.717, 1.165) is 16.6 Å². The van der Waals surface area contributed by atoms with Crippen molar-refractivity contribution in [2.75, 3.05) is 5.32 Å². The molecular weight excluding hydrogens is 469 g/mol. The first-order valence-corrected chi connectivity index (χ1v) is 10.8. The highest BCUT2D eigenvalue weighted by molar-refractivity contribution is 6.33. The van der Waals surface area contributed by atoms with E-state index >= 15 is 0 Å². The second-order valence-electron chi connectivity index (χ2n) is 7.72. The zero-order valence-electron chi connectivity index (χ0n) is 18.3. The van der Waals surface area contributed by atoms with Crippen LogP contribution in [0.4, 0.5) is 18.9 Å². The van der Waals surface area contributed by atoms with E-state index in [9.17, 15) is 22.8 Å². The summed E-state index contributed by atoms with van der Waals surface area (Å²) >= 11 is 6.08. The second-order valence-corrected chi connectivity index (χ2v) is 8.13. The van der Waals surface area contributed by atoms with Gasteiger partial charge in [-0.1, -0.05) is 42.8 Å². The van der Waals surface area contributed by atoms with E-state index in [4.69, 9.17) is 11.6 Å². The molecule has 0 unspecified atom stereocenters. The maximum Gasteiger partial charge on any atom is 0.417 e. The first kappa shape index (κ1) is 23.6. The van der Waals surface area contributed by atoms with Crippen molar-refractivity contribution in [2.45, 2.75) is 33.0 Å². The van der Waals surface area contributed by atoms with Crippen LogP contribution in [0, 0.1) is 6.92 Å². The Morgan fingerprint density at radius 1 is 1.12 bits per heavy atom. The fraction of sp³-hybridized carbons (Fsp3) is 0.208. The summed E-state index contributed by atoms with van der Waals surface area (Å²) < 4.78 is 43.8. The number of fused-ring (bicyclic) bond motifs is 1. The zero-order chi connectivity index (χ0) is 24.6. The van der Waals surface area contributed by atoms with E-state index in [1.54, 1.807) is 36.4 Å². The van der Waals surface area contributed by atoms with Crippen LogP contribution in [-0.2, 0) is 23.9 Å². The van der Waals surface area contributed by atoms with E-state index in [1.807, 2.05) is 19.1 Å². The highest BCUT2D eigenvalue weighted by Gasteiger charge is 2.36. The molecule has 10 heteroatoms. The number of hydrogen-bond acceptors (Lipinski definition) is 3. The van der Waals surface area contributed by atoms with Gasteiger partial charge in [0.1, 0.15) is 12.2 Å². The largest absolute Gasteiger partial charge is 0.417 e. The van der Waals surface area contributed by atoms with Crippen LogP contribution in [0.1, 0.15) is 23.7 Å². The maximum atomic E-state index is 13.8. The number of para-hydroxylation sites is 1. The highest BCUT2D eigenvalue weighted by atomic mass is 35.5. The van der Waals surface area contributed by atoms with Gasteiger partial charge in [-0.2, -0.15) is 18.3 Å². The van der Waals surface area contributed by atoms with Crippen LogP contribution in [0.15, 0.2) is 59.4 Å². The molecule has 34 heavy (non-hydrogen) atoms. The molecule has 0 atom stereocenters. The lowest BCUT2D eigenvalue weighted by Gasteiger charge is -2.15. The molecule has 6 nitrogen and oxygen atoms in total. The van der Waals surface area contributed by atoms with Gasteiger partial charge < -0.3 is 5.32 Å². The van der Waals surface area contributed by atoms with Crippen molar-refractivity contribution in [2.24, 2.45) is 0 Å². The van der Waals surface area contributed by atoms with E-state index in [-0.39, 0.29) is 21.7 Å². The molecule has 1 amide bonds. The van der Waals surface area contributed by atoms with Crippen LogP contribution in [0.25, 0.3) is 16.7 Å². The Bertz CT molecular complexity index is 1440. The number of anilines is 1. The van der Waals surface area contributed by atoms with Crippen LogP contribution >= 0.6 is 11.6 Å². The summed E-state index contributed by atoms with van der Waals surface area (Å²) in [5, 5.41) is 6.95. The molecule has 0 aliphatic rings. The zero-order valence-corrected chi connectivity index (χ0v) is 19.0. The van der Waals surface area contributed by atoms with Crippen LogP contribution < -0.4 is 10.9 Å². The molecule has 0 aliphatic heterocycles. The monoisotopic (exact) mass is 488 g/mol. The number of carbonyl (C=O) groups is 1. The Hall–Kier alpha value is -3.59. The number of amides is 1. The minimum Gasteiger partial charge on any atom is -0.323 e. The van der Waals surface area contributed by atoms with Gasteiger partial charge in [-0.05, 0) is 43.2 Å². The second kappa shape index (κ2) is 8.98. The Balaban J connectivity index is 1.90. The Morgan fingerprint density at radius 2 is 1.79 bits per heavy atom. The number of hydrogen-bond donors (Lipinski definition) is 1. The Labute approximate surface area is 197 Å². The van der Waals surface area contributed by atoms with Gasteiger partial charge in [0.2, 0.25) is 5.91 Å². The van der Waals surface area contributed by atoms with Crippen molar-refractivity contribution < 1.29 is 18.0 Å². The molecule has 1 N–H and O–H groups in total. The fourth-order valence-corrected chi connectivity index (χ4v) is 3.97. The number of nitrogens with zero attached hydrogens (tertiary/aromatic N) is 3. The summed E-state index contributed by atoms with van der Waals surface area (Å²) in [4.78, 5) is 25.6. The number of rotatable bonds is 5. The number of nitrogens with one attached hydrogen (secondary N) is 1. The van der Waals surface area contributed by atoms with E-state index < -0.39 is 29.8 Å². The number of benzene rings is 2. The summed E-state index contributed by atoms with van der Waals surface area (Å²) in [6.07, 6.45) is -3.99. The maximum absolute atomic E-state index is 13.8. The van der Waals surface area contributed by atoms with Gasteiger partial charge in [0.15, 0.2) is 0 Å². The number of pyridine rings is 1. The molecule has 4 aromatic rings. The third-order valence-electron chi connectivity index (χ3n) is 5.44. The van der Waals surface area contributed by atoms with Crippen molar-refractivity contribution in [3.05, 3.63) is 86.8 Å². The minimum atomic E-state index is -4.78. The molecule has 0 aliphatic carbocycles. The van der Waals surface area contributed by atoms with Crippen molar-refractivity contribution >= 4 is 34.2 Å². The number of alkyl halides is 3. The molecule has 0 fully saturated rings. The lowest BCUT2D eigenvalue weighted by Crippen LogP contribution is -2.30. The standard InChI is InChI=1S/C24H20ClF3N4O2/c1-3-15-8-10-16(11-9-15)32-23-22(14(2)30-32)17(24(26,27)28)12-21(34)31(23)13-20(33)29-19-7-5-4-6-18(19)25/h4-12H,3,13H2,1-2H3,(H,29,33). The topological polar surface area (TPSA) is 68.9 Å². The van der Waals surface area contributed by atoms with Gasteiger partial charge in [-0.25, -0.2) is 4.68 Å². The molecule has 2 aromatic heterocycles. The van der Waals surface area contributed by atoms with Crippen molar-refractivity contribution in [1.29, 1.82) is 0 Å². The summed E-state index contributed by atoms with van der Waals surface area (Å²) in [7, 11) is 0. The summed E-state index contributed by atoms with van der Waals surface area (Å²) in [5.41, 5.74) is -0.272. The van der Waals surface area contributed by atoms with Gasteiger partial charge in [0.25, 0.3) is 5.56 Å². The predicted octanol–water partition coefficient (Wildman–Crippen LogP) is 5.37. The van der Waals surface area contributed by atoms with Crippen LogP contribution in [-0.4, -0.2) is 20.3 Å². The molecule has 0 saturated carbocycles. The van der Waals surface area contributed by atoms with Crippen molar-refractivity contribution in [3.8, 4) is 5.69 Å². The van der Waals surface area contributed by atoms with Crippen LogP contribution in [0.2, 0.25) is 5.02 Å². The van der Waals surface area contributed by atoms with Crippen molar-refractivity contribution in [1.82, 2.24) is 14.3 Å². The Morgan fingerprint density at radius 3 is 2.41 bits per heavy atom. The number of carbonyl (C=O) groups excluding carboxylic acids is 1. The molecule has 2 heterocycles. The normalized spacial score (nSPS) is 11.7. The molecule has 4 rings (SSSR count). The summed E-state index contributed by atoms with van der Waals surface area (Å²) in [6.45, 7) is 2.89. The van der Waals surface area contributed by atoms with Gasteiger partial charge in [0, 0.05) is 6.07 Å². The summed E-state index contributed by atoms with van der Waals surface area (Å²) in [5.74, 6) is -0.622. The molecule has 2 aromatic carbocycles. The van der Waals surface area contributed by atoms with Gasteiger partial charge in [-0.15, -0.1) is 0 Å². The third-order valence-corrected chi connectivity index (χ3v) is 5.77.